The predicted molar refractivity (Wildman–Crippen MR) is 92.0 cm³/mol. The highest BCUT2D eigenvalue weighted by Gasteiger charge is 2.24. The topological polar surface area (TPSA) is 73.4 Å². The number of carbonyl (C=O) groups excluding carboxylic acids is 1. The second-order valence-electron chi connectivity index (χ2n) is 5.99. The molecule has 1 aliphatic heterocycles. The number of anilines is 2. The Bertz CT molecular complexity index is 566. The lowest BCUT2D eigenvalue weighted by atomic mass is 9.92. The highest BCUT2D eigenvalue weighted by atomic mass is 35.5. The van der Waals surface area contributed by atoms with E-state index in [2.05, 4.69) is 4.90 Å². The van der Waals surface area contributed by atoms with Crippen molar-refractivity contribution >= 4 is 35.1 Å². The molecule has 0 atom stereocenters. The lowest BCUT2D eigenvalue weighted by Crippen LogP contribution is -2.36. The highest BCUT2D eigenvalue weighted by Crippen LogP contribution is 2.32. The van der Waals surface area contributed by atoms with E-state index in [1.54, 1.807) is 25.1 Å². The molecule has 1 fully saturated rings. The Morgan fingerprint density at radius 1 is 1.45 bits per heavy atom. The molecule has 1 saturated heterocycles. The van der Waals surface area contributed by atoms with Gasteiger partial charge in [0.05, 0.1) is 0 Å². The maximum atomic E-state index is 11.8. The van der Waals surface area contributed by atoms with Crippen molar-refractivity contribution in [2.45, 2.75) is 19.3 Å². The zero-order valence-electron chi connectivity index (χ0n) is 13.1. The second-order valence-corrected chi connectivity index (χ2v) is 6.43. The van der Waals surface area contributed by atoms with Gasteiger partial charge in [-0.25, -0.2) is 0 Å². The monoisotopic (exact) mass is 322 g/mol. The van der Waals surface area contributed by atoms with E-state index in [0.717, 1.165) is 31.6 Å². The number of hydrogen-bond donors (Lipinski definition) is 2. The average molecular weight is 323 g/mol. The Morgan fingerprint density at radius 3 is 2.64 bits per heavy atom. The number of halogens is 1. The highest BCUT2D eigenvalue weighted by molar-refractivity contribution is 6.31. The summed E-state index contributed by atoms with van der Waals surface area (Å²) in [5.41, 5.74) is 8.11. The molecule has 1 heterocycles. The van der Waals surface area contributed by atoms with Crippen LogP contribution in [0, 0.1) is 11.3 Å². The lowest BCUT2D eigenvalue weighted by molar-refractivity contribution is -0.129. The summed E-state index contributed by atoms with van der Waals surface area (Å²) >= 11 is 6.10. The Labute approximate surface area is 136 Å². The lowest BCUT2D eigenvalue weighted by Gasteiger charge is -2.35. The minimum absolute atomic E-state index is 0.186. The first-order chi connectivity index (χ1) is 10.4. The Hall–Kier alpha value is -1.75. The van der Waals surface area contributed by atoms with Crippen LogP contribution in [-0.4, -0.2) is 44.2 Å². The Balaban J connectivity index is 2.06. The number of carbonyl (C=O) groups is 1. The maximum Gasteiger partial charge on any atom is 0.222 e. The van der Waals surface area contributed by atoms with Crippen LogP contribution in [0.2, 0.25) is 5.02 Å². The van der Waals surface area contributed by atoms with Crippen LogP contribution in [0.1, 0.15) is 24.8 Å². The molecule has 0 saturated carbocycles. The molecule has 0 spiro atoms. The second kappa shape index (κ2) is 7.01. The molecule has 1 aliphatic rings. The third-order valence-corrected chi connectivity index (χ3v) is 4.43. The summed E-state index contributed by atoms with van der Waals surface area (Å²) < 4.78 is 0. The predicted octanol–water partition coefficient (Wildman–Crippen LogP) is 2.61. The number of piperidine rings is 1. The van der Waals surface area contributed by atoms with E-state index >= 15 is 0 Å². The van der Waals surface area contributed by atoms with Crippen molar-refractivity contribution in [1.82, 2.24) is 4.90 Å². The molecule has 0 aliphatic carbocycles. The van der Waals surface area contributed by atoms with Crippen molar-refractivity contribution in [1.29, 1.82) is 5.41 Å². The number of hydrogen-bond acceptors (Lipinski definition) is 4. The van der Waals surface area contributed by atoms with Crippen molar-refractivity contribution in [3.8, 4) is 0 Å². The van der Waals surface area contributed by atoms with Crippen molar-refractivity contribution in [3.05, 3.63) is 22.7 Å². The normalized spacial score (nSPS) is 15.7. The molecule has 6 heteroatoms. The molecule has 1 amide bonds. The minimum atomic E-state index is 0.186. The van der Waals surface area contributed by atoms with Crippen LogP contribution in [0.5, 0.6) is 0 Å². The molecule has 120 valence electrons. The van der Waals surface area contributed by atoms with Gasteiger partial charge in [-0.1, -0.05) is 11.6 Å². The van der Waals surface area contributed by atoms with Crippen molar-refractivity contribution in [3.63, 3.8) is 0 Å². The molecule has 0 radical (unpaired) electrons. The molecule has 1 aromatic rings. The maximum absolute atomic E-state index is 11.8. The van der Waals surface area contributed by atoms with Crippen LogP contribution in [0.15, 0.2) is 12.1 Å². The first kappa shape index (κ1) is 16.6. The van der Waals surface area contributed by atoms with Crippen molar-refractivity contribution in [2.24, 2.45) is 5.92 Å². The summed E-state index contributed by atoms with van der Waals surface area (Å²) in [5.74, 6) is 0.608. The Morgan fingerprint density at radius 2 is 2.09 bits per heavy atom. The number of benzene rings is 1. The number of amides is 1. The summed E-state index contributed by atoms with van der Waals surface area (Å²) in [6.45, 7) is 1.71. The zero-order valence-corrected chi connectivity index (χ0v) is 13.9. The van der Waals surface area contributed by atoms with Gasteiger partial charge in [-0.15, -0.1) is 0 Å². The SMILES string of the molecule is CN(C)C(=O)CC1CCN(c2cc(Cl)cc(N)c2C=N)CC1. The summed E-state index contributed by atoms with van der Waals surface area (Å²) in [4.78, 5) is 15.7. The van der Waals surface area contributed by atoms with Crippen LogP contribution < -0.4 is 10.6 Å². The van der Waals surface area contributed by atoms with Crippen LogP contribution in [-0.2, 0) is 4.79 Å². The number of nitrogens with zero attached hydrogens (tertiary/aromatic N) is 2. The molecule has 0 bridgehead atoms. The fourth-order valence-corrected chi connectivity index (χ4v) is 3.07. The van der Waals surface area contributed by atoms with Gasteiger partial charge in [0, 0.05) is 61.8 Å². The first-order valence-corrected chi connectivity index (χ1v) is 7.84. The van der Waals surface area contributed by atoms with E-state index in [0.29, 0.717) is 28.6 Å². The van der Waals surface area contributed by atoms with Crippen molar-refractivity contribution in [2.75, 3.05) is 37.8 Å². The molecular weight excluding hydrogens is 300 g/mol. The fourth-order valence-electron chi connectivity index (χ4n) is 2.85. The smallest absolute Gasteiger partial charge is 0.222 e. The molecule has 3 N–H and O–H groups in total. The van der Waals surface area contributed by atoms with E-state index in [1.807, 2.05) is 6.07 Å². The van der Waals surface area contributed by atoms with Gasteiger partial charge in [-0.2, -0.15) is 0 Å². The van der Waals surface area contributed by atoms with Gasteiger partial charge in [0.15, 0.2) is 0 Å². The van der Waals surface area contributed by atoms with Crippen LogP contribution in [0.3, 0.4) is 0 Å². The Kier molecular flexibility index (Phi) is 5.29. The van der Waals surface area contributed by atoms with Gasteiger partial charge < -0.3 is 20.9 Å². The summed E-state index contributed by atoms with van der Waals surface area (Å²) in [6.07, 6.45) is 3.81. The average Bonchev–Trinajstić information content (AvgIpc) is 2.47. The zero-order chi connectivity index (χ0) is 16.3. The fraction of sp³-hybridized carbons (Fsp3) is 0.500. The molecule has 0 unspecified atom stereocenters. The largest absolute Gasteiger partial charge is 0.398 e. The van der Waals surface area contributed by atoms with Gasteiger partial charge in [0.1, 0.15) is 0 Å². The third kappa shape index (κ3) is 3.71. The van der Waals surface area contributed by atoms with E-state index in [9.17, 15) is 4.79 Å². The first-order valence-electron chi connectivity index (χ1n) is 7.47. The number of nitrogen functional groups attached to an aromatic ring is 1. The summed E-state index contributed by atoms with van der Waals surface area (Å²) in [5, 5.41) is 8.15. The van der Waals surface area contributed by atoms with E-state index in [4.69, 9.17) is 22.7 Å². The van der Waals surface area contributed by atoms with E-state index < -0.39 is 0 Å². The van der Waals surface area contributed by atoms with Crippen LogP contribution in [0.4, 0.5) is 11.4 Å². The summed E-state index contributed by atoms with van der Waals surface area (Å²) in [6, 6.07) is 3.54. The van der Waals surface area contributed by atoms with Gasteiger partial charge in [-0.05, 0) is 30.9 Å². The van der Waals surface area contributed by atoms with Gasteiger partial charge in [-0.3, -0.25) is 4.79 Å². The molecule has 22 heavy (non-hydrogen) atoms. The molecule has 5 nitrogen and oxygen atoms in total. The van der Waals surface area contributed by atoms with E-state index in [-0.39, 0.29) is 5.91 Å². The van der Waals surface area contributed by atoms with Gasteiger partial charge in [0.25, 0.3) is 0 Å². The third-order valence-electron chi connectivity index (χ3n) is 4.22. The molecule has 0 aromatic heterocycles. The molecule has 1 aromatic carbocycles. The van der Waals surface area contributed by atoms with Crippen LogP contribution in [0.25, 0.3) is 0 Å². The van der Waals surface area contributed by atoms with E-state index in [1.165, 1.54) is 6.21 Å². The van der Waals surface area contributed by atoms with Gasteiger partial charge in [0.2, 0.25) is 5.91 Å². The number of rotatable bonds is 4. The minimum Gasteiger partial charge on any atom is -0.398 e. The summed E-state index contributed by atoms with van der Waals surface area (Å²) in [7, 11) is 3.59. The molecule has 2 rings (SSSR count). The number of nitrogens with two attached hydrogens (primary N) is 1. The standard InChI is InChI=1S/C16H23ClN4O/c1-20(2)16(22)7-11-3-5-21(6-4-11)15-9-12(17)8-14(19)13(15)10-18/h8-11,18H,3-7,19H2,1-2H3. The molecular formula is C16H23ClN4O. The van der Waals surface area contributed by atoms with Gasteiger partial charge >= 0.3 is 0 Å². The number of nitrogens with one attached hydrogen (secondary N) is 1. The quantitative estimate of drug-likeness (QED) is 0.661. The van der Waals surface area contributed by atoms with Crippen molar-refractivity contribution < 1.29 is 4.79 Å². The van der Waals surface area contributed by atoms with Crippen LogP contribution >= 0.6 is 11.6 Å².